The van der Waals surface area contributed by atoms with Crippen molar-refractivity contribution in [3.05, 3.63) is 51.9 Å². The lowest BCUT2D eigenvalue weighted by Gasteiger charge is -2.12. The summed E-state index contributed by atoms with van der Waals surface area (Å²) in [6.07, 6.45) is 1.82. The lowest BCUT2D eigenvalue weighted by atomic mass is 9.93. The molecule has 0 amide bonds. The summed E-state index contributed by atoms with van der Waals surface area (Å²) >= 11 is 5.27. The number of rotatable bonds is 2. The highest BCUT2D eigenvalue weighted by molar-refractivity contribution is 7.71. The Balaban J connectivity index is 2.52. The molecular formula is C17H13N3OS. The minimum atomic E-state index is -0.0967. The van der Waals surface area contributed by atoms with E-state index >= 15 is 0 Å². The van der Waals surface area contributed by atoms with Crippen LogP contribution >= 0.6 is 12.2 Å². The van der Waals surface area contributed by atoms with E-state index in [1.807, 2.05) is 30.5 Å². The summed E-state index contributed by atoms with van der Waals surface area (Å²) in [7, 11) is 0. The van der Waals surface area contributed by atoms with E-state index in [1.54, 1.807) is 6.92 Å². The molecule has 0 aliphatic rings. The summed E-state index contributed by atoms with van der Waals surface area (Å²) < 4.78 is 0.352. The molecule has 0 bridgehead atoms. The van der Waals surface area contributed by atoms with Crippen LogP contribution in [0, 0.1) is 22.9 Å². The molecule has 0 radical (unpaired) electrons. The number of H-pyrrole nitrogens is 2. The molecule has 0 saturated carbocycles. The monoisotopic (exact) mass is 307 g/mol. The number of nitrogens with zero attached hydrogens (tertiary/aromatic N) is 1. The van der Waals surface area contributed by atoms with Gasteiger partial charge in [-0.15, -0.1) is 0 Å². The fourth-order valence-electron chi connectivity index (χ4n) is 2.82. The molecule has 2 N–H and O–H groups in total. The smallest absolute Gasteiger partial charge is 0.162 e. The van der Waals surface area contributed by atoms with Gasteiger partial charge in [0.2, 0.25) is 0 Å². The number of nitriles is 1. The van der Waals surface area contributed by atoms with E-state index in [0.29, 0.717) is 27.0 Å². The van der Waals surface area contributed by atoms with Crippen molar-refractivity contribution in [2.24, 2.45) is 0 Å². The Morgan fingerprint density at radius 2 is 2.05 bits per heavy atom. The molecule has 3 rings (SSSR count). The van der Waals surface area contributed by atoms with Crippen molar-refractivity contribution in [2.45, 2.75) is 13.8 Å². The highest BCUT2D eigenvalue weighted by Gasteiger charge is 2.21. The predicted molar refractivity (Wildman–Crippen MR) is 88.4 cm³/mol. The molecular weight excluding hydrogens is 294 g/mol. The van der Waals surface area contributed by atoms with Gasteiger partial charge in [0.1, 0.15) is 10.7 Å². The van der Waals surface area contributed by atoms with E-state index in [2.05, 4.69) is 16.0 Å². The zero-order chi connectivity index (χ0) is 15.9. The lowest BCUT2D eigenvalue weighted by molar-refractivity contribution is 0.101. The number of aryl methyl sites for hydroxylation is 1. The van der Waals surface area contributed by atoms with Crippen LogP contribution in [0.5, 0.6) is 0 Å². The van der Waals surface area contributed by atoms with Crippen LogP contribution in [0.15, 0.2) is 30.5 Å². The Kier molecular flexibility index (Phi) is 3.39. The Morgan fingerprint density at radius 3 is 2.73 bits per heavy atom. The molecule has 0 fully saturated rings. The van der Waals surface area contributed by atoms with Gasteiger partial charge in [-0.25, -0.2) is 0 Å². The van der Waals surface area contributed by atoms with E-state index in [9.17, 15) is 10.1 Å². The fraction of sp³-hybridized carbons (Fsp3) is 0.118. The molecule has 1 aromatic carbocycles. The van der Waals surface area contributed by atoms with Gasteiger partial charge in [0.15, 0.2) is 5.78 Å². The van der Waals surface area contributed by atoms with Gasteiger partial charge in [-0.05, 0) is 19.9 Å². The molecule has 5 heteroatoms. The van der Waals surface area contributed by atoms with Crippen molar-refractivity contribution in [1.29, 1.82) is 5.26 Å². The van der Waals surface area contributed by atoms with Crippen LogP contribution in [0.1, 0.15) is 28.5 Å². The van der Waals surface area contributed by atoms with Crippen LogP contribution in [0.4, 0.5) is 0 Å². The first-order chi connectivity index (χ1) is 10.5. The SMILES string of the molecule is CC(=O)c1c(C)[nH]c(=S)c(C#N)c1-c1c[nH]c2ccccc12. The van der Waals surface area contributed by atoms with Gasteiger partial charge >= 0.3 is 0 Å². The third-order valence-corrected chi connectivity index (χ3v) is 4.03. The van der Waals surface area contributed by atoms with Crippen molar-refractivity contribution in [3.8, 4) is 17.2 Å². The van der Waals surface area contributed by atoms with E-state index in [4.69, 9.17) is 12.2 Å². The number of ketones is 1. The maximum absolute atomic E-state index is 12.1. The van der Waals surface area contributed by atoms with Gasteiger partial charge in [0.05, 0.1) is 5.56 Å². The molecule has 0 atom stereocenters. The normalized spacial score (nSPS) is 10.6. The highest BCUT2D eigenvalue weighted by atomic mass is 32.1. The summed E-state index contributed by atoms with van der Waals surface area (Å²) in [6.45, 7) is 3.30. The second-order valence-corrected chi connectivity index (χ2v) is 5.53. The van der Waals surface area contributed by atoms with Crippen LogP contribution in [0.2, 0.25) is 0 Å². The summed E-state index contributed by atoms with van der Waals surface area (Å²) in [6, 6.07) is 9.91. The Labute approximate surface area is 132 Å². The number of benzene rings is 1. The fourth-order valence-corrected chi connectivity index (χ4v) is 3.12. The minimum Gasteiger partial charge on any atom is -0.361 e. The zero-order valence-corrected chi connectivity index (χ0v) is 13.0. The van der Waals surface area contributed by atoms with Gasteiger partial charge in [-0.3, -0.25) is 4.79 Å². The molecule has 0 saturated heterocycles. The number of Topliss-reactive ketones (excluding diaryl/α,β-unsaturated/α-hetero) is 1. The molecule has 0 spiro atoms. The second-order valence-electron chi connectivity index (χ2n) is 5.12. The highest BCUT2D eigenvalue weighted by Crippen LogP contribution is 2.35. The molecule has 2 heterocycles. The Bertz CT molecular complexity index is 1000. The van der Waals surface area contributed by atoms with E-state index in [0.717, 1.165) is 16.5 Å². The average Bonchev–Trinajstić information content (AvgIpc) is 2.89. The molecule has 2 aromatic heterocycles. The quantitative estimate of drug-likeness (QED) is 0.548. The number of nitrogens with one attached hydrogen (secondary N) is 2. The zero-order valence-electron chi connectivity index (χ0n) is 12.2. The van der Waals surface area contributed by atoms with Crippen LogP contribution in [-0.2, 0) is 0 Å². The van der Waals surface area contributed by atoms with Gasteiger partial charge in [-0.2, -0.15) is 5.26 Å². The number of carbonyl (C=O) groups is 1. The second kappa shape index (κ2) is 5.24. The number of carbonyl (C=O) groups excluding carboxylic acids is 1. The standard InChI is InChI=1S/C17H13N3OS/c1-9-15(10(2)21)16(12(7-18)17(22)20-9)13-8-19-14-6-4-3-5-11(13)14/h3-6,8,19H,1-2H3,(H,20,22). The predicted octanol–water partition coefficient (Wildman–Crippen LogP) is 4.28. The van der Waals surface area contributed by atoms with Crippen LogP contribution < -0.4 is 0 Å². The van der Waals surface area contributed by atoms with Crippen molar-refractivity contribution >= 4 is 28.9 Å². The first-order valence-corrected chi connectivity index (χ1v) is 7.19. The number of hydrogen-bond acceptors (Lipinski definition) is 3. The number of aromatic amines is 2. The van der Waals surface area contributed by atoms with Crippen molar-refractivity contribution in [3.63, 3.8) is 0 Å². The van der Waals surface area contributed by atoms with E-state index in [-0.39, 0.29) is 5.78 Å². The van der Waals surface area contributed by atoms with Crippen molar-refractivity contribution in [1.82, 2.24) is 9.97 Å². The minimum absolute atomic E-state index is 0.0967. The summed E-state index contributed by atoms with van der Waals surface area (Å²) in [5.74, 6) is -0.0967. The van der Waals surface area contributed by atoms with E-state index < -0.39 is 0 Å². The molecule has 3 aromatic rings. The first-order valence-electron chi connectivity index (χ1n) is 6.79. The van der Waals surface area contributed by atoms with Crippen LogP contribution in [0.3, 0.4) is 0 Å². The van der Waals surface area contributed by atoms with E-state index in [1.165, 1.54) is 6.92 Å². The van der Waals surface area contributed by atoms with Crippen molar-refractivity contribution < 1.29 is 4.79 Å². The van der Waals surface area contributed by atoms with Gasteiger partial charge in [0.25, 0.3) is 0 Å². The number of para-hydroxylation sites is 1. The summed E-state index contributed by atoms with van der Waals surface area (Å²) in [5.41, 5.74) is 3.89. The number of pyridine rings is 1. The maximum Gasteiger partial charge on any atom is 0.162 e. The van der Waals surface area contributed by atoms with Crippen molar-refractivity contribution in [2.75, 3.05) is 0 Å². The maximum atomic E-state index is 12.1. The van der Waals surface area contributed by atoms with Crippen LogP contribution in [-0.4, -0.2) is 15.8 Å². The molecule has 0 unspecified atom stereocenters. The largest absolute Gasteiger partial charge is 0.361 e. The molecule has 22 heavy (non-hydrogen) atoms. The molecule has 0 aliphatic carbocycles. The molecule has 108 valence electrons. The lowest BCUT2D eigenvalue weighted by Crippen LogP contribution is -2.05. The third kappa shape index (κ3) is 2.05. The molecule has 4 nitrogen and oxygen atoms in total. The van der Waals surface area contributed by atoms with Gasteiger partial charge in [-0.1, -0.05) is 30.4 Å². The first kappa shape index (κ1) is 14.2. The molecule has 0 aliphatic heterocycles. The number of hydrogen-bond donors (Lipinski definition) is 2. The Morgan fingerprint density at radius 1 is 1.32 bits per heavy atom. The van der Waals surface area contributed by atoms with Gasteiger partial charge < -0.3 is 9.97 Å². The average molecular weight is 307 g/mol. The van der Waals surface area contributed by atoms with Gasteiger partial charge in [0, 0.05) is 39.5 Å². The number of aromatic nitrogens is 2. The van der Waals surface area contributed by atoms with Crippen LogP contribution in [0.25, 0.3) is 22.0 Å². The Hall–Kier alpha value is -2.71. The summed E-state index contributed by atoms with van der Waals surface area (Å²) in [5, 5.41) is 10.5. The topological polar surface area (TPSA) is 72.4 Å². The number of fused-ring (bicyclic) bond motifs is 1. The summed E-state index contributed by atoms with van der Waals surface area (Å²) in [4.78, 5) is 18.3. The third-order valence-electron chi connectivity index (χ3n) is 3.73.